The third kappa shape index (κ3) is 2.41. The van der Waals surface area contributed by atoms with Gasteiger partial charge in [0.1, 0.15) is 11.1 Å². The molecule has 3 nitrogen and oxygen atoms in total. The number of aromatic nitrogens is 2. The molecule has 1 aliphatic heterocycles. The van der Waals surface area contributed by atoms with Gasteiger partial charge in [0.2, 0.25) is 0 Å². The van der Waals surface area contributed by atoms with Gasteiger partial charge in [0, 0.05) is 22.7 Å². The molecule has 0 radical (unpaired) electrons. The first-order chi connectivity index (χ1) is 8.33. The number of ether oxygens (including phenoxy) is 1. The van der Waals surface area contributed by atoms with Crippen LogP contribution in [0.4, 0.5) is 0 Å². The van der Waals surface area contributed by atoms with E-state index in [0.717, 1.165) is 40.3 Å². The zero-order valence-corrected chi connectivity index (χ0v) is 11.5. The van der Waals surface area contributed by atoms with Gasteiger partial charge >= 0.3 is 0 Å². The largest absolute Gasteiger partial charge is 0.371 e. The van der Waals surface area contributed by atoms with Gasteiger partial charge in [-0.15, -0.1) is 11.3 Å². The van der Waals surface area contributed by atoms with Crippen LogP contribution in [-0.4, -0.2) is 16.6 Å². The molecular weight excluding hydrogens is 300 g/mol. The van der Waals surface area contributed by atoms with Crippen LogP contribution in [0.25, 0.3) is 11.4 Å². The average Bonchev–Trinajstić information content (AvgIpc) is 3.00. The van der Waals surface area contributed by atoms with E-state index in [9.17, 15) is 0 Å². The van der Waals surface area contributed by atoms with E-state index in [-0.39, 0.29) is 6.10 Å². The second-order valence-corrected chi connectivity index (χ2v) is 5.74. The number of rotatable bonds is 2. The molecule has 1 saturated heterocycles. The van der Waals surface area contributed by atoms with Crippen LogP contribution in [0.3, 0.4) is 0 Å². The molecule has 0 aromatic carbocycles. The summed E-state index contributed by atoms with van der Waals surface area (Å²) in [6.45, 7) is 0.857. The predicted molar refractivity (Wildman–Crippen MR) is 71.0 cm³/mol. The summed E-state index contributed by atoms with van der Waals surface area (Å²) in [5.41, 5.74) is 1.85. The maximum absolute atomic E-state index is 5.63. The van der Waals surface area contributed by atoms with Gasteiger partial charge in [0.15, 0.2) is 0 Å². The van der Waals surface area contributed by atoms with E-state index in [4.69, 9.17) is 4.74 Å². The predicted octanol–water partition coefficient (Wildman–Crippen LogP) is 3.82. The molecule has 5 heteroatoms. The molecule has 0 N–H and O–H groups in total. The Bertz CT molecular complexity index is 505. The van der Waals surface area contributed by atoms with Crippen LogP contribution in [0.5, 0.6) is 0 Å². The van der Waals surface area contributed by atoms with E-state index in [1.807, 2.05) is 17.5 Å². The molecule has 17 heavy (non-hydrogen) atoms. The maximum atomic E-state index is 5.63. The van der Waals surface area contributed by atoms with Crippen molar-refractivity contribution in [2.24, 2.45) is 0 Å². The molecule has 3 rings (SSSR count). The van der Waals surface area contributed by atoms with Crippen LogP contribution in [0.2, 0.25) is 0 Å². The Morgan fingerprint density at radius 1 is 1.35 bits per heavy atom. The highest BCUT2D eigenvalue weighted by Crippen LogP contribution is 2.32. The first-order valence-corrected chi connectivity index (χ1v) is 7.19. The zero-order chi connectivity index (χ0) is 11.7. The van der Waals surface area contributed by atoms with Crippen LogP contribution in [0.15, 0.2) is 28.2 Å². The summed E-state index contributed by atoms with van der Waals surface area (Å²) >= 11 is 5.03. The molecule has 0 spiro atoms. The first kappa shape index (κ1) is 11.3. The van der Waals surface area contributed by atoms with Gasteiger partial charge in [0.05, 0.1) is 11.4 Å². The molecule has 1 aliphatic rings. The van der Waals surface area contributed by atoms with Gasteiger partial charge in [-0.05, 0) is 40.9 Å². The van der Waals surface area contributed by atoms with Crippen molar-refractivity contribution in [2.75, 3.05) is 6.61 Å². The van der Waals surface area contributed by atoms with Crippen LogP contribution in [-0.2, 0) is 4.74 Å². The fourth-order valence-corrected chi connectivity index (χ4v) is 2.98. The lowest BCUT2D eigenvalue weighted by Gasteiger charge is -2.03. The fourth-order valence-electron chi connectivity index (χ4n) is 1.85. The Morgan fingerprint density at radius 3 is 3.00 bits per heavy atom. The van der Waals surface area contributed by atoms with Gasteiger partial charge < -0.3 is 4.74 Å². The highest BCUT2D eigenvalue weighted by Gasteiger charge is 2.21. The smallest absolute Gasteiger partial charge is 0.122 e. The second kappa shape index (κ2) is 4.84. The molecule has 1 atom stereocenters. The molecule has 2 aromatic rings. The number of thiazole rings is 1. The number of hydrogen-bond donors (Lipinski definition) is 0. The molecule has 88 valence electrons. The molecule has 0 saturated carbocycles. The average molecular weight is 311 g/mol. The highest BCUT2D eigenvalue weighted by molar-refractivity contribution is 9.10. The summed E-state index contributed by atoms with van der Waals surface area (Å²) in [5, 5.41) is 3.12. The van der Waals surface area contributed by atoms with Crippen LogP contribution in [0, 0.1) is 0 Å². The zero-order valence-electron chi connectivity index (χ0n) is 9.10. The van der Waals surface area contributed by atoms with Crippen molar-refractivity contribution in [3.05, 3.63) is 33.2 Å². The maximum Gasteiger partial charge on any atom is 0.122 e. The Balaban J connectivity index is 1.86. The minimum absolute atomic E-state index is 0.198. The second-order valence-electron chi connectivity index (χ2n) is 3.93. The van der Waals surface area contributed by atoms with Crippen LogP contribution in [0.1, 0.15) is 24.0 Å². The van der Waals surface area contributed by atoms with E-state index in [2.05, 4.69) is 25.9 Å². The lowest BCUT2D eigenvalue weighted by Crippen LogP contribution is -1.94. The Kier molecular flexibility index (Phi) is 3.22. The fraction of sp³-hybridized carbons (Fsp3) is 0.333. The number of pyridine rings is 1. The number of halogens is 1. The number of hydrogen-bond acceptors (Lipinski definition) is 4. The topological polar surface area (TPSA) is 35.0 Å². The van der Waals surface area contributed by atoms with E-state index < -0.39 is 0 Å². The molecule has 2 aromatic heterocycles. The van der Waals surface area contributed by atoms with Gasteiger partial charge in [-0.1, -0.05) is 0 Å². The van der Waals surface area contributed by atoms with E-state index >= 15 is 0 Å². The monoisotopic (exact) mass is 310 g/mol. The van der Waals surface area contributed by atoms with Gasteiger partial charge in [0.25, 0.3) is 0 Å². The third-order valence-corrected chi connectivity index (χ3v) is 4.12. The summed E-state index contributed by atoms with van der Waals surface area (Å²) < 4.78 is 6.61. The Morgan fingerprint density at radius 2 is 2.29 bits per heavy atom. The van der Waals surface area contributed by atoms with Gasteiger partial charge in [-0.3, -0.25) is 4.98 Å². The summed E-state index contributed by atoms with van der Waals surface area (Å²) in [6, 6.07) is 3.95. The molecule has 0 unspecified atom stereocenters. The van der Waals surface area contributed by atoms with E-state index in [1.54, 1.807) is 17.5 Å². The number of nitrogens with zero attached hydrogens (tertiary/aromatic N) is 2. The minimum atomic E-state index is 0.198. The third-order valence-electron chi connectivity index (χ3n) is 2.72. The van der Waals surface area contributed by atoms with Crippen molar-refractivity contribution in [3.63, 3.8) is 0 Å². The SMILES string of the molecule is Brc1ccc(-c2csc([C@H]3CCCO3)n2)nc1. The lowest BCUT2D eigenvalue weighted by atomic mass is 10.2. The van der Waals surface area contributed by atoms with Crippen LogP contribution < -0.4 is 0 Å². The standard InChI is InChI=1S/C12H11BrN2OS/c13-8-3-4-9(14-6-8)10-7-17-12(15-10)11-2-1-5-16-11/h3-4,6-7,11H,1-2,5H2/t11-/m1/s1. The summed E-state index contributed by atoms with van der Waals surface area (Å²) in [5.74, 6) is 0. The molecule has 0 amide bonds. The summed E-state index contributed by atoms with van der Waals surface area (Å²) in [6.07, 6.45) is 4.21. The Hall–Kier alpha value is -0.780. The minimum Gasteiger partial charge on any atom is -0.371 e. The summed E-state index contributed by atoms with van der Waals surface area (Å²) in [4.78, 5) is 8.95. The molecule has 3 heterocycles. The van der Waals surface area contributed by atoms with Gasteiger partial charge in [-0.2, -0.15) is 0 Å². The normalized spacial score (nSPS) is 19.7. The quantitative estimate of drug-likeness (QED) is 0.846. The van der Waals surface area contributed by atoms with Crippen molar-refractivity contribution >= 4 is 27.3 Å². The van der Waals surface area contributed by atoms with Crippen molar-refractivity contribution in [1.29, 1.82) is 0 Å². The molecule has 0 aliphatic carbocycles. The van der Waals surface area contributed by atoms with Crippen molar-refractivity contribution < 1.29 is 4.74 Å². The van der Waals surface area contributed by atoms with Crippen molar-refractivity contribution in [3.8, 4) is 11.4 Å². The van der Waals surface area contributed by atoms with E-state index in [0.29, 0.717) is 0 Å². The first-order valence-electron chi connectivity index (χ1n) is 5.52. The summed E-state index contributed by atoms with van der Waals surface area (Å²) in [7, 11) is 0. The van der Waals surface area contributed by atoms with Crippen LogP contribution >= 0.6 is 27.3 Å². The molecule has 0 bridgehead atoms. The van der Waals surface area contributed by atoms with Gasteiger partial charge in [-0.25, -0.2) is 4.98 Å². The lowest BCUT2D eigenvalue weighted by molar-refractivity contribution is 0.112. The highest BCUT2D eigenvalue weighted by atomic mass is 79.9. The van der Waals surface area contributed by atoms with Crippen molar-refractivity contribution in [1.82, 2.24) is 9.97 Å². The Labute approximate surface area is 112 Å². The molecule has 1 fully saturated rings. The molecular formula is C12H11BrN2OS. The van der Waals surface area contributed by atoms with E-state index in [1.165, 1.54) is 0 Å². The van der Waals surface area contributed by atoms with Crippen molar-refractivity contribution in [2.45, 2.75) is 18.9 Å².